The number of aromatic nitrogens is 3. The van der Waals surface area contributed by atoms with Crippen LogP contribution in [0.3, 0.4) is 0 Å². The molecule has 2 rings (SSSR count). The average Bonchev–Trinajstić information content (AvgIpc) is 2.78. The molecule has 1 atom stereocenters. The largest absolute Gasteiger partial charge is 0.463 e. The zero-order chi connectivity index (χ0) is 15.1. The van der Waals surface area contributed by atoms with Gasteiger partial charge in [0.2, 0.25) is 11.9 Å². The molecular formula is C15H27N5O. The van der Waals surface area contributed by atoms with E-state index in [-0.39, 0.29) is 0 Å². The van der Waals surface area contributed by atoms with Crippen molar-refractivity contribution in [1.82, 2.24) is 15.0 Å². The second kappa shape index (κ2) is 8.00. The summed E-state index contributed by atoms with van der Waals surface area (Å²) < 4.78 is 5.57. The summed E-state index contributed by atoms with van der Waals surface area (Å²) in [4.78, 5) is 15.5. The Kier molecular flexibility index (Phi) is 6.02. The lowest BCUT2D eigenvalue weighted by molar-refractivity contribution is 0.292. The van der Waals surface area contributed by atoms with Gasteiger partial charge in [-0.25, -0.2) is 0 Å². The Morgan fingerprint density at radius 3 is 2.76 bits per heavy atom. The van der Waals surface area contributed by atoms with Crippen LogP contribution in [0.15, 0.2) is 0 Å². The fraction of sp³-hybridized carbons (Fsp3) is 0.800. The van der Waals surface area contributed by atoms with Crippen molar-refractivity contribution in [2.75, 3.05) is 37.0 Å². The summed E-state index contributed by atoms with van der Waals surface area (Å²) >= 11 is 0. The van der Waals surface area contributed by atoms with Crippen LogP contribution >= 0.6 is 0 Å². The molecule has 1 N–H and O–H groups in total. The Morgan fingerprint density at radius 1 is 1.19 bits per heavy atom. The molecule has 1 aromatic heterocycles. The van der Waals surface area contributed by atoms with E-state index in [1.807, 2.05) is 7.05 Å². The van der Waals surface area contributed by atoms with E-state index in [2.05, 4.69) is 39.0 Å². The first-order valence-electron chi connectivity index (χ1n) is 8.08. The third-order valence-corrected chi connectivity index (χ3v) is 3.97. The van der Waals surface area contributed by atoms with Crippen molar-refractivity contribution in [2.45, 2.75) is 46.0 Å². The topological polar surface area (TPSA) is 63.2 Å². The summed E-state index contributed by atoms with van der Waals surface area (Å²) in [6, 6.07) is 0.419. The smallest absolute Gasteiger partial charge is 0.323 e. The molecule has 118 valence electrons. The van der Waals surface area contributed by atoms with E-state index in [4.69, 9.17) is 4.74 Å². The fourth-order valence-electron chi connectivity index (χ4n) is 2.63. The van der Waals surface area contributed by atoms with Gasteiger partial charge in [0.1, 0.15) is 0 Å². The molecule has 1 unspecified atom stereocenters. The van der Waals surface area contributed by atoms with Crippen LogP contribution in [0.2, 0.25) is 0 Å². The molecule has 0 spiro atoms. The first-order chi connectivity index (χ1) is 10.3. The molecule has 0 amide bonds. The van der Waals surface area contributed by atoms with Crippen molar-refractivity contribution in [3.8, 4) is 6.01 Å². The van der Waals surface area contributed by atoms with E-state index >= 15 is 0 Å². The molecule has 1 aliphatic rings. The standard InChI is InChI=1S/C15H27N5O/c1-4-11-21-15-18-13(16-3)17-14(19-15)20-9-6-7-12(5-2)8-10-20/h12H,4-11H2,1-3H3,(H,16,17,18,19). The molecule has 1 aromatic rings. The van der Waals surface area contributed by atoms with Crippen molar-refractivity contribution < 1.29 is 4.74 Å². The van der Waals surface area contributed by atoms with Crippen LogP contribution in [0, 0.1) is 5.92 Å². The van der Waals surface area contributed by atoms with E-state index in [0.29, 0.717) is 18.6 Å². The summed E-state index contributed by atoms with van der Waals surface area (Å²) in [6.07, 6.45) is 5.91. The van der Waals surface area contributed by atoms with Gasteiger partial charge in [0, 0.05) is 20.1 Å². The third kappa shape index (κ3) is 4.44. The van der Waals surface area contributed by atoms with Gasteiger partial charge < -0.3 is 15.0 Å². The molecule has 2 heterocycles. The molecule has 1 saturated heterocycles. The Morgan fingerprint density at radius 2 is 2.05 bits per heavy atom. The Hall–Kier alpha value is -1.59. The van der Waals surface area contributed by atoms with Crippen LogP contribution in [0.1, 0.15) is 46.0 Å². The number of nitrogens with zero attached hydrogens (tertiary/aromatic N) is 4. The van der Waals surface area contributed by atoms with Crippen LogP contribution in [-0.2, 0) is 0 Å². The maximum atomic E-state index is 5.57. The van der Waals surface area contributed by atoms with Gasteiger partial charge in [-0.2, -0.15) is 15.0 Å². The lowest BCUT2D eigenvalue weighted by Gasteiger charge is -2.21. The first-order valence-corrected chi connectivity index (χ1v) is 8.08. The number of ether oxygens (including phenoxy) is 1. The number of hydrogen-bond donors (Lipinski definition) is 1. The second-order valence-corrected chi connectivity index (χ2v) is 5.53. The van der Waals surface area contributed by atoms with Crippen molar-refractivity contribution in [3.63, 3.8) is 0 Å². The molecule has 0 radical (unpaired) electrons. The van der Waals surface area contributed by atoms with Gasteiger partial charge in [-0.1, -0.05) is 20.3 Å². The zero-order valence-electron chi connectivity index (χ0n) is 13.4. The number of hydrogen-bond acceptors (Lipinski definition) is 6. The number of rotatable bonds is 6. The lowest BCUT2D eigenvalue weighted by atomic mass is 9.98. The van der Waals surface area contributed by atoms with Gasteiger partial charge in [0.15, 0.2) is 0 Å². The van der Waals surface area contributed by atoms with Crippen LogP contribution in [0.5, 0.6) is 6.01 Å². The van der Waals surface area contributed by atoms with Crippen molar-refractivity contribution in [2.24, 2.45) is 5.92 Å². The van der Waals surface area contributed by atoms with Crippen LogP contribution in [0.25, 0.3) is 0 Å². The predicted octanol–water partition coefficient (Wildman–Crippen LogP) is 2.72. The van der Waals surface area contributed by atoms with Crippen molar-refractivity contribution in [1.29, 1.82) is 0 Å². The Balaban J connectivity index is 2.13. The fourth-order valence-corrected chi connectivity index (χ4v) is 2.63. The lowest BCUT2D eigenvalue weighted by Crippen LogP contribution is -2.27. The van der Waals surface area contributed by atoms with Crippen LogP contribution in [-0.4, -0.2) is 41.7 Å². The highest BCUT2D eigenvalue weighted by Crippen LogP contribution is 2.23. The average molecular weight is 293 g/mol. The monoisotopic (exact) mass is 293 g/mol. The molecule has 0 aromatic carbocycles. The maximum absolute atomic E-state index is 5.57. The highest BCUT2D eigenvalue weighted by atomic mass is 16.5. The normalized spacial score (nSPS) is 19.2. The molecule has 0 saturated carbocycles. The number of anilines is 2. The molecule has 6 heteroatoms. The number of nitrogens with one attached hydrogen (secondary N) is 1. The van der Waals surface area contributed by atoms with E-state index in [0.717, 1.165) is 31.4 Å². The van der Waals surface area contributed by atoms with E-state index < -0.39 is 0 Å². The van der Waals surface area contributed by atoms with Gasteiger partial charge in [-0.05, 0) is 31.6 Å². The predicted molar refractivity (Wildman–Crippen MR) is 85.0 cm³/mol. The summed E-state index contributed by atoms with van der Waals surface area (Å²) in [7, 11) is 1.82. The Labute approximate surface area is 127 Å². The minimum absolute atomic E-state index is 0.419. The minimum Gasteiger partial charge on any atom is -0.463 e. The molecule has 0 aliphatic carbocycles. The maximum Gasteiger partial charge on any atom is 0.323 e. The highest BCUT2D eigenvalue weighted by Gasteiger charge is 2.19. The molecule has 1 aliphatic heterocycles. The van der Waals surface area contributed by atoms with Gasteiger partial charge in [-0.3, -0.25) is 0 Å². The molecule has 1 fully saturated rings. The van der Waals surface area contributed by atoms with Gasteiger partial charge >= 0.3 is 6.01 Å². The Bertz CT molecular complexity index is 440. The quantitative estimate of drug-likeness (QED) is 0.870. The first kappa shape index (κ1) is 15.8. The van der Waals surface area contributed by atoms with E-state index in [1.165, 1.54) is 25.7 Å². The summed E-state index contributed by atoms with van der Waals surface area (Å²) in [5.41, 5.74) is 0. The van der Waals surface area contributed by atoms with Gasteiger partial charge in [-0.15, -0.1) is 0 Å². The zero-order valence-corrected chi connectivity index (χ0v) is 13.4. The molecular weight excluding hydrogens is 266 g/mol. The molecule has 6 nitrogen and oxygen atoms in total. The van der Waals surface area contributed by atoms with Gasteiger partial charge in [0.25, 0.3) is 0 Å². The summed E-state index contributed by atoms with van der Waals surface area (Å²) in [5.74, 6) is 2.14. The van der Waals surface area contributed by atoms with Gasteiger partial charge in [0.05, 0.1) is 6.61 Å². The third-order valence-electron chi connectivity index (χ3n) is 3.97. The SMILES string of the molecule is CCCOc1nc(NC)nc(N2CCCC(CC)CC2)n1. The van der Waals surface area contributed by atoms with Crippen molar-refractivity contribution in [3.05, 3.63) is 0 Å². The highest BCUT2D eigenvalue weighted by molar-refractivity contribution is 5.38. The van der Waals surface area contributed by atoms with Crippen LogP contribution in [0.4, 0.5) is 11.9 Å². The second-order valence-electron chi connectivity index (χ2n) is 5.53. The summed E-state index contributed by atoms with van der Waals surface area (Å²) in [6.45, 7) is 7.00. The molecule has 0 bridgehead atoms. The van der Waals surface area contributed by atoms with E-state index in [1.54, 1.807) is 0 Å². The van der Waals surface area contributed by atoms with Crippen LogP contribution < -0.4 is 15.0 Å². The van der Waals surface area contributed by atoms with E-state index in [9.17, 15) is 0 Å². The summed E-state index contributed by atoms with van der Waals surface area (Å²) in [5, 5.41) is 2.99. The molecule has 21 heavy (non-hydrogen) atoms. The minimum atomic E-state index is 0.419. The van der Waals surface area contributed by atoms with Crippen molar-refractivity contribution >= 4 is 11.9 Å².